The summed E-state index contributed by atoms with van der Waals surface area (Å²) >= 11 is 0. The average Bonchev–Trinajstić information content (AvgIpc) is 2.35. The first-order valence-electron chi connectivity index (χ1n) is 6.56. The quantitative estimate of drug-likeness (QED) is 0.765. The van der Waals surface area contributed by atoms with Crippen LogP contribution in [0.5, 0.6) is 0 Å². The summed E-state index contributed by atoms with van der Waals surface area (Å²) < 4.78 is 0. The Labute approximate surface area is 108 Å². The van der Waals surface area contributed by atoms with Crippen molar-refractivity contribution in [1.82, 2.24) is 5.32 Å². The highest BCUT2D eigenvalue weighted by Crippen LogP contribution is 2.34. The predicted molar refractivity (Wildman–Crippen MR) is 73.4 cm³/mol. The number of hydrogen-bond donors (Lipinski definition) is 3. The molecule has 1 aliphatic carbocycles. The van der Waals surface area contributed by atoms with Gasteiger partial charge in [0.15, 0.2) is 0 Å². The molecule has 4 nitrogen and oxygen atoms in total. The van der Waals surface area contributed by atoms with Gasteiger partial charge in [-0.1, -0.05) is 19.1 Å². The number of hydrogen-bond acceptors (Lipinski definition) is 2. The molecule has 1 aromatic carbocycles. The molecule has 18 heavy (non-hydrogen) atoms. The summed E-state index contributed by atoms with van der Waals surface area (Å²) in [4.78, 5) is 11.9. The predicted octanol–water partition coefficient (Wildman–Crippen LogP) is 2.60. The zero-order valence-electron chi connectivity index (χ0n) is 10.8. The number of carbonyl (C=O) groups excluding carboxylic acids is 1. The molecule has 0 aliphatic heterocycles. The van der Waals surface area contributed by atoms with Gasteiger partial charge in [0.2, 0.25) is 0 Å². The topological polar surface area (TPSA) is 67.2 Å². The lowest BCUT2D eigenvalue weighted by atomic mass is 9.75. The molecule has 0 unspecified atom stereocenters. The number of nitrogens with one attached hydrogen (secondary N) is 2. The van der Waals surface area contributed by atoms with Crippen LogP contribution in [0, 0.1) is 0 Å². The van der Waals surface area contributed by atoms with Gasteiger partial charge >= 0.3 is 6.03 Å². The van der Waals surface area contributed by atoms with E-state index in [2.05, 4.69) is 17.6 Å². The van der Waals surface area contributed by atoms with Gasteiger partial charge in [-0.3, -0.25) is 0 Å². The van der Waals surface area contributed by atoms with Crippen LogP contribution in [0.3, 0.4) is 0 Å². The van der Waals surface area contributed by atoms with E-state index in [1.165, 1.54) is 6.42 Å². The van der Waals surface area contributed by atoms with Gasteiger partial charge in [-0.15, -0.1) is 0 Å². The van der Waals surface area contributed by atoms with Crippen molar-refractivity contribution in [2.75, 3.05) is 5.32 Å². The summed E-state index contributed by atoms with van der Waals surface area (Å²) in [6, 6.07) is 7.49. The number of amides is 2. The Bertz CT molecular complexity index is 404. The van der Waals surface area contributed by atoms with Crippen LogP contribution < -0.4 is 16.4 Å². The first-order chi connectivity index (χ1) is 8.67. The Kier molecular flexibility index (Phi) is 3.87. The molecule has 2 rings (SSSR count). The van der Waals surface area contributed by atoms with E-state index in [-0.39, 0.29) is 11.6 Å². The third-order valence-electron chi connectivity index (χ3n) is 3.81. The standard InChI is InChI=1S/C14H21N3O/c1-2-14(8-3-9-14)17-13(18)16-12-6-4-11(10-15)5-7-12/h4-7H,2-3,8-10,15H2,1H3,(H2,16,17,18). The van der Waals surface area contributed by atoms with Gasteiger partial charge in [0.25, 0.3) is 0 Å². The van der Waals surface area contributed by atoms with Crippen LogP contribution in [0.2, 0.25) is 0 Å². The highest BCUT2D eigenvalue weighted by molar-refractivity contribution is 5.89. The van der Waals surface area contributed by atoms with Gasteiger partial charge in [-0.05, 0) is 43.4 Å². The van der Waals surface area contributed by atoms with Crippen molar-refractivity contribution in [3.8, 4) is 0 Å². The second-order valence-corrected chi connectivity index (χ2v) is 4.97. The molecule has 0 saturated heterocycles. The van der Waals surface area contributed by atoms with Gasteiger partial charge in [0.1, 0.15) is 0 Å². The van der Waals surface area contributed by atoms with Gasteiger partial charge < -0.3 is 16.4 Å². The van der Waals surface area contributed by atoms with E-state index >= 15 is 0 Å². The Hall–Kier alpha value is -1.55. The van der Waals surface area contributed by atoms with Crippen molar-refractivity contribution in [2.45, 2.75) is 44.7 Å². The van der Waals surface area contributed by atoms with E-state index < -0.39 is 0 Å². The zero-order chi connectivity index (χ0) is 13.0. The molecule has 2 amide bonds. The molecule has 0 spiro atoms. The lowest BCUT2D eigenvalue weighted by Crippen LogP contribution is -2.54. The van der Waals surface area contributed by atoms with Crippen LogP contribution in [0.15, 0.2) is 24.3 Å². The van der Waals surface area contributed by atoms with E-state index in [4.69, 9.17) is 5.73 Å². The number of urea groups is 1. The van der Waals surface area contributed by atoms with E-state index in [1.54, 1.807) is 0 Å². The summed E-state index contributed by atoms with van der Waals surface area (Å²) in [6.07, 6.45) is 4.37. The molecular formula is C14H21N3O. The van der Waals surface area contributed by atoms with E-state index in [0.29, 0.717) is 6.54 Å². The normalized spacial score (nSPS) is 16.8. The summed E-state index contributed by atoms with van der Waals surface area (Å²) in [5.74, 6) is 0. The third kappa shape index (κ3) is 2.82. The lowest BCUT2D eigenvalue weighted by Gasteiger charge is -2.41. The number of nitrogens with two attached hydrogens (primary N) is 1. The number of rotatable bonds is 4. The smallest absolute Gasteiger partial charge is 0.319 e. The highest BCUT2D eigenvalue weighted by Gasteiger charge is 2.36. The van der Waals surface area contributed by atoms with Gasteiger partial charge in [0.05, 0.1) is 0 Å². The largest absolute Gasteiger partial charge is 0.332 e. The Morgan fingerprint density at radius 3 is 2.44 bits per heavy atom. The van der Waals surface area contributed by atoms with Crippen LogP contribution >= 0.6 is 0 Å². The van der Waals surface area contributed by atoms with Crippen molar-refractivity contribution < 1.29 is 4.79 Å². The van der Waals surface area contributed by atoms with Crippen LogP contribution in [0.4, 0.5) is 10.5 Å². The fourth-order valence-electron chi connectivity index (χ4n) is 2.30. The number of anilines is 1. The van der Waals surface area contributed by atoms with Crippen molar-refractivity contribution >= 4 is 11.7 Å². The Morgan fingerprint density at radius 1 is 1.33 bits per heavy atom. The molecule has 1 fully saturated rings. The SMILES string of the molecule is CCC1(NC(=O)Nc2ccc(CN)cc2)CCC1. The first kappa shape index (κ1) is 12.9. The molecule has 0 aromatic heterocycles. The van der Waals surface area contributed by atoms with Crippen LogP contribution in [-0.2, 0) is 6.54 Å². The molecule has 98 valence electrons. The maximum Gasteiger partial charge on any atom is 0.319 e. The minimum atomic E-state index is -0.114. The fourth-order valence-corrected chi connectivity index (χ4v) is 2.30. The number of carbonyl (C=O) groups is 1. The third-order valence-corrected chi connectivity index (χ3v) is 3.81. The van der Waals surface area contributed by atoms with Gasteiger partial charge in [-0.2, -0.15) is 0 Å². The molecule has 0 atom stereocenters. The Balaban J connectivity index is 1.90. The monoisotopic (exact) mass is 247 g/mol. The summed E-state index contributed by atoms with van der Waals surface area (Å²) in [6.45, 7) is 2.64. The lowest BCUT2D eigenvalue weighted by molar-refractivity contribution is 0.179. The number of benzene rings is 1. The minimum Gasteiger partial charge on any atom is -0.332 e. The maximum absolute atomic E-state index is 11.9. The minimum absolute atomic E-state index is 0.0291. The first-order valence-corrected chi connectivity index (χ1v) is 6.56. The summed E-state index contributed by atoms with van der Waals surface area (Å²) in [7, 11) is 0. The molecule has 0 bridgehead atoms. The van der Waals surface area contributed by atoms with Crippen LogP contribution in [-0.4, -0.2) is 11.6 Å². The van der Waals surface area contributed by atoms with Crippen LogP contribution in [0.25, 0.3) is 0 Å². The highest BCUT2D eigenvalue weighted by atomic mass is 16.2. The molecule has 1 saturated carbocycles. The molecule has 1 aromatic rings. The molecule has 1 aliphatic rings. The van der Waals surface area contributed by atoms with Gasteiger partial charge in [-0.25, -0.2) is 4.79 Å². The molecular weight excluding hydrogens is 226 g/mol. The maximum atomic E-state index is 11.9. The molecule has 4 heteroatoms. The molecule has 0 radical (unpaired) electrons. The molecule has 0 heterocycles. The van der Waals surface area contributed by atoms with Crippen molar-refractivity contribution in [2.24, 2.45) is 5.73 Å². The van der Waals surface area contributed by atoms with Crippen molar-refractivity contribution in [1.29, 1.82) is 0 Å². The van der Waals surface area contributed by atoms with Gasteiger partial charge in [0, 0.05) is 17.8 Å². The van der Waals surface area contributed by atoms with Crippen LogP contribution in [0.1, 0.15) is 38.2 Å². The zero-order valence-corrected chi connectivity index (χ0v) is 10.8. The summed E-state index contributed by atoms with van der Waals surface area (Å²) in [5, 5.41) is 5.94. The van der Waals surface area contributed by atoms with E-state index in [1.807, 2.05) is 24.3 Å². The second-order valence-electron chi connectivity index (χ2n) is 4.97. The van der Waals surface area contributed by atoms with Crippen molar-refractivity contribution in [3.63, 3.8) is 0 Å². The Morgan fingerprint density at radius 2 is 2.00 bits per heavy atom. The average molecular weight is 247 g/mol. The second kappa shape index (κ2) is 5.40. The molecule has 4 N–H and O–H groups in total. The van der Waals surface area contributed by atoms with Crippen molar-refractivity contribution in [3.05, 3.63) is 29.8 Å². The summed E-state index contributed by atoms with van der Waals surface area (Å²) in [5.41, 5.74) is 7.42. The fraction of sp³-hybridized carbons (Fsp3) is 0.500. The van der Waals surface area contributed by atoms with E-state index in [0.717, 1.165) is 30.5 Å². The van der Waals surface area contributed by atoms with E-state index in [9.17, 15) is 4.79 Å².